The average Bonchev–Trinajstić information content (AvgIpc) is 2.64. The number of benzene rings is 2. The number of carbonyl (C=O) groups is 1. The lowest BCUT2D eigenvalue weighted by molar-refractivity contribution is 0.103. The molecule has 2 rings (SSSR count). The minimum Gasteiger partial charge on any atom is -0.494 e. The second-order valence-corrected chi connectivity index (χ2v) is 5.93. The monoisotopic (exact) mass is 341 g/mol. The topological polar surface area (TPSA) is 81.6 Å². The van der Waals surface area contributed by atoms with E-state index in [1.807, 2.05) is 12.1 Å². The third-order valence-corrected chi connectivity index (χ3v) is 4.25. The van der Waals surface area contributed by atoms with Gasteiger partial charge in [-0.15, -0.1) is 0 Å². The minimum absolute atomic E-state index is 0.0835. The number of anilines is 2. The second kappa shape index (κ2) is 9.08. The van der Waals surface area contributed by atoms with Crippen molar-refractivity contribution in [1.82, 2.24) is 4.90 Å². The molecule has 0 bridgehead atoms. The summed E-state index contributed by atoms with van der Waals surface area (Å²) in [5.41, 5.74) is 13.5. The Labute approximate surface area is 149 Å². The summed E-state index contributed by atoms with van der Waals surface area (Å²) in [6.45, 7) is 8.13. The lowest BCUT2D eigenvalue weighted by Crippen LogP contribution is -2.25. The highest BCUT2D eigenvalue weighted by atomic mass is 16.5. The van der Waals surface area contributed by atoms with Crippen LogP contribution in [-0.2, 0) is 0 Å². The van der Waals surface area contributed by atoms with Gasteiger partial charge in [0, 0.05) is 17.7 Å². The summed E-state index contributed by atoms with van der Waals surface area (Å²) in [5.74, 6) is 0.688. The molecular weight excluding hydrogens is 314 g/mol. The number of ether oxygens (including phenoxy) is 1. The van der Waals surface area contributed by atoms with E-state index in [1.54, 1.807) is 30.3 Å². The van der Waals surface area contributed by atoms with E-state index >= 15 is 0 Å². The molecule has 134 valence electrons. The van der Waals surface area contributed by atoms with Gasteiger partial charge in [0.05, 0.1) is 18.0 Å². The van der Waals surface area contributed by atoms with Crippen LogP contribution in [0.4, 0.5) is 11.4 Å². The van der Waals surface area contributed by atoms with Crippen molar-refractivity contribution >= 4 is 17.2 Å². The van der Waals surface area contributed by atoms with E-state index < -0.39 is 0 Å². The number of hydrogen-bond acceptors (Lipinski definition) is 5. The van der Waals surface area contributed by atoms with Crippen LogP contribution in [0.2, 0.25) is 0 Å². The molecule has 2 aromatic carbocycles. The van der Waals surface area contributed by atoms with E-state index in [0.29, 0.717) is 29.1 Å². The zero-order valence-electron chi connectivity index (χ0n) is 15.0. The van der Waals surface area contributed by atoms with Crippen LogP contribution in [0, 0.1) is 0 Å². The number of nitrogens with zero attached hydrogens (tertiary/aromatic N) is 1. The second-order valence-electron chi connectivity index (χ2n) is 5.93. The molecule has 0 amide bonds. The van der Waals surface area contributed by atoms with E-state index in [9.17, 15) is 4.79 Å². The van der Waals surface area contributed by atoms with Gasteiger partial charge in [-0.1, -0.05) is 13.8 Å². The Kier molecular flexibility index (Phi) is 6.83. The van der Waals surface area contributed by atoms with Crippen LogP contribution < -0.4 is 16.2 Å². The number of hydrogen-bond donors (Lipinski definition) is 2. The van der Waals surface area contributed by atoms with Gasteiger partial charge in [-0.2, -0.15) is 0 Å². The first-order valence-corrected chi connectivity index (χ1v) is 8.70. The lowest BCUT2D eigenvalue weighted by atomic mass is 10.0. The van der Waals surface area contributed by atoms with Gasteiger partial charge in [0.1, 0.15) is 5.75 Å². The van der Waals surface area contributed by atoms with Crippen molar-refractivity contribution in [3.05, 3.63) is 53.6 Å². The zero-order chi connectivity index (χ0) is 18.2. The van der Waals surface area contributed by atoms with Crippen molar-refractivity contribution in [2.75, 3.05) is 37.7 Å². The molecule has 0 saturated heterocycles. The highest BCUT2D eigenvalue weighted by Crippen LogP contribution is 2.20. The predicted molar refractivity (Wildman–Crippen MR) is 103 cm³/mol. The molecule has 25 heavy (non-hydrogen) atoms. The predicted octanol–water partition coefficient (Wildman–Crippen LogP) is 3.19. The molecule has 0 aromatic heterocycles. The summed E-state index contributed by atoms with van der Waals surface area (Å²) in [4.78, 5) is 14.8. The Morgan fingerprint density at radius 3 is 2.20 bits per heavy atom. The van der Waals surface area contributed by atoms with Crippen LogP contribution in [0.25, 0.3) is 0 Å². The van der Waals surface area contributed by atoms with Crippen LogP contribution in [0.1, 0.15) is 36.2 Å². The van der Waals surface area contributed by atoms with Crippen molar-refractivity contribution in [1.29, 1.82) is 0 Å². The van der Waals surface area contributed by atoms with Gasteiger partial charge in [0.25, 0.3) is 0 Å². The molecule has 0 radical (unpaired) electrons. The number of rotatable bonds is 9. The molecule has 5 nitrogen and oxygen atoms in total. The van der Waals surface area contributed by atoms with Crippen molar-refractivity contribution in [3.8, 4) is 5.75 Å². The quantitative estimate of drug-likeness (QED) is 0.416. The van der Waals surface area contributed by atoms with Gasteiger partial charge in [-0.05, 0) is 62.0 Å². The van der Waals surface area contributed by atoms with Crippen molar-refractivity contribution in [2.24, 2.45) is 0 Å². The smallest absolute Gasteiger partial charge is 0.193 e. The first-order valence-electron chi connectivity index (χ1n) is 8.70. The van der Waals surface area contributed by atoms with Gasteiger partial charge >= 0.3 is 0 Å². The lowest BCUT2D eigenvalue weighted by Gasteiger charge is -2.17. The Morgan fingerprint density at radius 1 is 0.960 bits per heavy atom. The molecular formula is C20H27N3O2. The molecule has 4 N–H and O–H groups in total. The van der Waals surface area contributed by atoms with Gasteiger partial charge < -0.3 is 21.1 Å². The fourth-order valence-electron chi connectivity index (χ4n) is 2.60. The summed E-state index contributed by atoms with van der Waals surface area (Å²) in [6, 6.07) is 12.1. The number of ketones is 1. The largest absolute Gasteiger partial charge is 0.494 e. The van der Waals surface area contributed by atoms with E-state index in [1.165, 1.54) is 0 Å². The SMILES string of the molecule is CCN(CC)CCCOc1ccc(C(=O)c2ccc(N)c(N)c2)cc1. The Morgan fingerprint density at radius 2 is 1.60 bits per heavy atom. The fourth-order valence-corrected chi connectivity index (χ4v) is 2.60. The molecule has 5 heteroatoms. The highest BCUT2D eigenvalue weighted by Gasteiger charge is 2.10. The Bertz CT molecular complexity index is 695. The molecule has 0 aliphatic rings. The first-order chi connectivity index (χ1) is 12.0. The maximum absolute atomic E-state index is 12.5. The average molecular weight is 341 g/mol. The molecule has 0 aliphatic carbocycles. The van der Waals surface area contributed by atoms with Gasteiger partial charge in [-0.3, -0.25) is 4.79 Å². The number of nitrogen functional groups attached to an aromatic ring is 2. The summed E-state index contributed by atoms with van der Waals surface area (Å²) in [5, 5.41) is 0. The summed E-state index contributed by atoms with van der Waals surface area (Å²) < 4.78 is 5.75. The Balaban J connectivity index is 1.90. The minimum atomic E-state index is -0.0835. The van der Waals surface area contributed by atoms with Crippen molar-refractivity contribution in [3.63, 3.8) is 0 Å². The highest BCUT2D eigenvalue weighted by molar-refractivity contribution is 6.09. The Hall–Kier alpha value is -2.53. The number of carbonyl (C=O) groups excluding carboxylic acids is 1. The molecule has 0 unspecified atom stereocenters. The first kappa shape index (κ1) is 18.8. The zero-order valence-corrected chi connectivity index (χ0v) is 15.0. The van der Waals surface area contributed by atoms with Crippen LogP contribution >= 0.6 is 0 Å². The van der Waals surface area contributed by atoms with E-state index in [0.717, 1.165) is 31.8 Å². The third kappa shape index (κ3) is 5.22. The molecule has 0 atom stereocenters. The molecule has 0 fully saturated rings. The van der Waals surface area contributed by atoms with Gasteiger partial charge in [-0.25, -0.2) is 0 Å². The third-order valence-electron chi connectivity index (χ3n) is 4.25. The summed E-state index contributed by atoms with van der Waals surface area (Å²) >= 11 is 0. The fraction of sp³-hybridized carbons (Fsp3) is 0.350. The normalized spacial score (nSPS) is 10.8. The van der Waals surface area contributed by atoms with Crippen molar-refractivity contribution < 1.29 is 9.53 Å². The van der Waals surface area contributed by atoms with E-state index in [-0.39, 0.29) is 5.78 Å². The van der Waals surface area contributed by atoms with Crippen LogP contribution in [0.3, 0.4) is 0 Å². The van der Waals surface area contributed by atoms with Crippen molar-refractivity contribution in [2.45, 2.75) is 20.3 Å². The number of nitrogens with two attached hydrogens (primary N) is 2. The van der Waals surface area contributed by atoms with Crippen LogP contribution in [-0.4, -0.2) is 36.9 Å². The maximum Gasteiger partial charge on any atom is 0.193 e. The summed E-state index contributed by atoms with van der Waals surface area (Å²) in [6.07, 6.45) is 0.979. The van der Waals surface area contributed by atoms with Gasteiger partial charge in [0.2, 0.25) is 0 Å². The molecule has 0 spiro atoms. The molecule has 0 aliphatic heterocycles. The summed E-state index contributed by atoms with van der Waals surface area (Å²) in [7, 11) is 0. The van der Waals surface area contributed by atoms with Crippen LogP contribution in [0.15, 0.2) is 42.5 Å². The molecule has 0 heterocycles. The van der Waals surface area contributed by atoms with E-state index in [4.69, 9.17) is 16.2 Å². The standard InChI is InChI=1S/C20H27N3O2/c1-3-23(4-2)12-5-13-25-17-9-6-15(7-10-17)20(24)16-8-11-18(21)19(22)14-16/h6-11,14H,3-5,12-13,21-22H2,1-2H3. The molecule has 2 aromatic rings. The molecule has 0 saturated carbocycles. The van der Waals surface area contributed by atoms with Crippen LogP contribution in [0.5, 0.6) is 5.75 Å². The van der Waals surface area contributed by atoms with E-state index in [2.05, 4.69) is 18.7 Å². The van der Waals surface area contributed by atoms with Gasteiger partial charge in [0.15, 0.2) is 5.78 Å². The maximum atomic E-state index is 12.5.